The van der Waals surface area contributed by atoms with E-state index in [1.807, 2.05) is 68.4 Å². The molecule has 7 heteroatoms. The minimum absolute atomic E-state index is 0.0209. The van der Waals surface area contributed by atoms with E-state index >= 15 is 0 Å². The lowest BCUT2D eigenvalue weighted by molar-refractivity contribution is -0.143. The number of amides is 3. The smallest absolute Gasteiger partial charge is 0.249 e. The summed E-state index contributed by atoms with van der Waals surface area (Å²) in [5.74, 6) is -0.577. The first-order valence-corrected chi connectivity index (χ1v) is 11.0. The average Bonchev–Trinajstić information content (AvgIpc) is 3.19. The lowest BCUT2D eigenvalue weighted by Crippen LogP contribution is -2.44. The molecule has 0 unspecified atom stereocenters. The van der Waals surface area contributed by atoms with Gasteiger partial charge in [-0.05, 0) is 36.6 Å². The molecule has 32 heavy (non-hydrogen) atoms. The Morgan fingerprint density at radius 2 is 1.88 bits per heavy atom. The van der Waals surface area contributed by atoms with Crippen LogP contribution in [0, 0.1) is 6.92 Å². The fourth-order valence-electron chi connectivity index (χ4n) is 3.56. The van der Waals surface area contributed by atoms with Crippen molar-refractivity contribution in [2.45, 2.75) is 33.3 Å². The Kier molecular flexibility index (Phi) is 8.39. The number of anilines is 1. The summed E-state index contributed by atoms with van der Waals surface area (Å²) in [4.78, 5) is 42.8. The molecule has 1 saturated heterocycles. The highest BCUT2D eigenvalue weighted by molar-refractivity contribution is 6.00. The van der Waals surface area contributed by atoms with Crippen molar-refractivity contribution < 1.29 is 19.1 Å². The molecule has 0 saturated carbocycles. The lowest BCUT2D eigenvalue weighted by Gasteiger charge is -2.25. The maximum atomic E-state index is 12.9. The molecule has 0 spiro atoms. The van der Waals surface area contributed by atoms with E-state index < -0.39 is 0 Å². The molecule has 3 amide bonds. The van der Waals surface area contributed by atoms with Crippen molar-refractivity contribution >= 4 is 23.4 Å². The number of carbonyl (C=O) groups excluding carboxylic acids is 3. The molecule has 2 aromatic carbocycles. The maximum Gasteiger partial charge on any atom is 0.249 e. The van der Waals surface area contributed by atoms with Crippen LogP contribution in [0.2, 0.25) is 0 Å². The topological polar surface area (TPSA) is 70.2 Å². The number of rotatable bonds is 10. The second kappa shape index (κ2) is 11.4. The third-order valence-corrected chi connectivity index (χ3v) is 5.40. The molecule has 0 N–H and O–H groups in total. The minimum Gasteiger partial charge on any atom is -0.367 e. The van der Waals surface area contributed by atoms with Crippen molar-refractivity contribution in [3.05, 3.63) is 65.7 Å². The first kappa shape index (κ1) is 23.5. The molecule has 1 heterocycles. The summed E-state index contributed by atoms with van der Waals surface area (Å²) in [5, 5.41) is 0. The van der Waals surface area contributed by atoms with Crippen molar-refractivity contribution in [1.29, 1.82) is 0 Å². The molecule has 1 aliphatic heterocycles. The van der Waals surface area contributed by atoms with E-state index in [4.69, 9.17) is 4.74 Å². The van der Waals surface area contributed by atoms with Crippen LogP contribution in [0.4, 0.5) is 5.69 Å². The molecular weight excluding hydrogens is 406 g/mol. The zero-order valence-corrected chi connectivity index (χ0v) is 18.8. The molecule has 3 rings (SSSR count). The van der Waals surface area contributed by atoms with Gasteiger partial charge in [0.05, 0.1) is 13.2 Å². The molecule has 0 aromatic heterocycles. The van der Waals surface area contributed by atoms with Gasteiger partial charge >= 0.3 is 0 Å². The Hall–Kier alpha value is -3.19. The van der Waals surface area contributed by atoms with Gasteiger partial charge in [-0.15, -0.1) is 0 Å². The van der Waals surface area contributed by atoms with Crippen LogP contribution in [0.5, 0.6) is 0 Å². The Labute approximate surface area is 189 Å². The molecule has 7 nitrogen and oxygen atoms in total. The number of aryl methyl sites for hydroxylation is 1. The van der Waals surface area contributed by atoms with Gasteiger partial charge in [-0.25, -0.2) is 0 Å². The molecule has 0 atom stereocenters. The highest BCUT2D eigenvalue weighted by Crippen LogP contribution is 2.20. The molecule has 170 valence electrons. The summed E-state index contributed by atoms with van der Waals surface area (Å²) in [6.45, 7) is 4.91. The fourth-order valence-corrected chi connectivity index (χ4v) is 3.56. The van der Waals surface area contributed by atoms with Crippen LogP contribution in [-0.4, -0.2) is 60.4 Å². The van der Waals surface area contributed by atoms with Gasteiger partial charge in [0.15, 0.2) is 0 Å². The van der Waals surface area contributed by atoms with E-state index in [2.05, 4.69) is 0 Å². The second-order valence-electron chi connectivity index (χ2n) is 8.04. The van der Waals surface area contributed by atoms with Crippen molar-refractivity contribution in [2.75, 3.05) is 37.8 Å². The Morgan fingerprint density at radius 3 is 2.59 bits per heavy atom. The van der Waals surface area contributed by atoms with Crippen molar-refractivity contribution in [3.63, 3.8) is 0 Å². The van der Waals surface area contributed by atoms with E-state index in [-0.39, 0.29) is 44.1 Å². The van der Waals surface area contributed by atoms with Crippen molar-refractivity contribution in [3.8, 4) is 0 Å². The Morgan fingerprint density at radius 1 is 1.09 bits per heavy atom. The van der Waals surface area contributed by atoms with Gasteiger partial charge in [0.1, 0.15) is 19.8 Å². The van der Waals surface area contributed by atoms with Crippen LogP contribution in [0.1, 0.15) is 30.9 Å². The predicted octanol–water partition coefficient (Wildman–Crippen LogP) is 2.97. The molecule has 0 aliphatic carbocycles. The second-order valence-corrected chi connectivity index (χ2v) is 8.04. The van der Waals surface area contributed by atoms with Crippen LogP contribution >= 0.6 is 0 Å². The van der Waals surface area contributed by atoms with Gasteiger partial charge in [-0.3, -0.25) is 19.3 Å². The van der Waals surface area contributed by atoms with Gasteiger partial charge in [-0.1, -0.05) is 55.8 Å². The van der Waals surface area contributed by atoms with Crippen LogP contribution in [0.3, 0.4) is 0 Å². The molecule has 1 aliphatic rings. The zero-order chi connectivity index (χ0) is 22.9. The summed E-state index contributed by atoms with van der Waals surface area (Å²) in [6.07, 6.45) is 1.71. The highest BCUT2D eigenvalue weighted by atomic mass is 16.5. The SMILES string of the molecule is CCCCN(CC(=O)N1CC(=O)N(c2cccc(C)c2)C1)C(=O)COCc1ccccc1. The first-order valence-electron chi connectivity index (χ1n) is 11.0. The monoisotopic (exact) mass is 437 g/mol. The van der Waals surface area contributed by atoms with Crippen molar-refractivity contribution in [2.24, 2.45) is 0 Å². The standard InChI is InChI=1S/C25H31N3O4/c1-3-4-13-26(25(31)18-32-17-21-10-6-5-7-11-21)15-23(29)27-16-24(30)28(19-27)22-12-8-9-20(2)14-22/h5-12,14H,3-4,13,15-19H2,1-2H3. The van der Waals surface area contributed by atoms with Gasteiger partial charge in [-0.2, -0.15) is 0 Å². The minimum atomic E-state index is -0.235. The summed E-state index contributed by atoms with van der Waals surface area (Å²) in [6, 6.07) is 17.3. The highest BCUT2D eigenvalue weighted by Gasteiger charge is 2.32. The Balaban J connectivity index is 1.56. The van der Waals surface area contributed by atoms with Crippen molar-refractivity contribution in [1.82, 2.24) is 9.80 Å². The molecular formula is C25H31N3O4. The third kappa shape index (κ3) is 6.40. The Bertz CT molecular complexity index is 932. The zero-order valence-electron chi connectivity index (χ0n) is 18.8. The largest absolute Gasteiger partial charge is 0.367 e. The fraction of sp³-hybridized carbons (Fsp3) is 0.400. The van der Waals surface area contributed by atoms with E-state index in [1.165, 1.54) is 9.80 Å². The third-order valence-electron chi connectivity index (χ3n) is 5.40. The number of ether oxygens (including phenoxy) is 1. The van der Waals surface area contributed by atoms with E-state index in [1.54, 1.807) is 4.90 Å². The van der Waals surface area contributed by atoms with Crippen LogP contribution in [0.25, 0.3) is 0 Å². The van der Waals surface area contributed by atoms with E-state index in [9.17, 15) is 14.4 Å². The number of hydrogen-bond donors (Lipinski definition) is 0. The number of hydrogen-bond acceptors (Lipinski definition) is 4. The number of nitrogens with zero attached hydrogens (tertiary/aromatic N) is 3. The quantitative estimate of drug-likeness (QED) is 0.573. The van der Waals surface area contributed by atoms with Gasteiger partial charge in [0.25, 0.3) is 0 Å². The maximum absolute atomic E-state index is 12.9. The van der Waals surface area contributed by atoms with Crippen LogP contribution in [0.15, 0.2) is 54.6 Å². The number of benzene rings is 2. The summed E-state index contributed by atoms with van der Waals surface area (Å²) in [7, 11) is 0. The summed E-state index contributed by atoms with van der Waals surface area (Å²) < 4.78 is 5.57. The molecule has 0 bridgehead atoms. The van der Waals surface area contributed by atoms with Gasteiger partial charge in [0, 0.05) is 12.2 Å². The molecule has 1 fully saturated rings. The number of carbonyl (C=O) groups is 3. The van der Waals surface area contributed by atoms with Gasteiger partial charge < -0.3 is 14.5 Å². The van der Waals surface area contributed by atoms with Crippen LogP contribution in [-0.2, 0) is 25.7 Å². The van der Waals surface area contributed by atoms with E-state index in [0.717, 1.165) is 29.7 Å². The lowest BCUT2D eigenvalue weighted by atomic mass is 10.2. The summed E-state index contributed by atoms with van der Waals surface area (Å²) >= 11 is 0. The average molecular weight is 438 g/mol. The van der Waals surface area contributed by atoms with E-state index in [0.29, 0.717) is 13.2 Å². The summed E-state index contributed by atoms with van der Waals surface area (Å²) in [5.41, 5.74) is 2.81. The normalized spacial score (nSPS) is 13.5. The van der Waals surface area contributed by atoms with Crippen LogP contribution < -0.4 is 4.90 Å². The molecule has 2 aromatic rings. The van der Waals surface area contributed by atoms with Gasteiger partial charge in [0.2, 0.25) is 17.7 Å². The molecule has 0 radical (unpaired) electrons. The first-order chi connectivity index (χ1) is 15.5. The number of unbranched alkanes of at least 4 members (excludes halogenated alkanes) is 1. The predicted molar refractivity (Wildman–Crippen MR) is 123 cm³/mol.